The van der Waals surface area contributed by atoms with Crippen LogP contribution in [0.1, 0.15) is 37.3 Å². The van der Waals surface area contributed by atoms with E-state index in [1.807, 2.05) is 6.92 Å². The molecule has 0 bridgehead atoms. The normalized spacial score (nSPS) is 29.4. The molecule has 4 nitrogen and oxygen atoms in total. The highest BCUT2D eigenvalue weighted by molar-refractivity contribution is 6.09. The van der Waals surface area contributed by atoms with Crippen LogP contribution in [0.2, 0.25) is 0 Å². The molecule has 1 heterocycles. The molecule has 0 saturated heterocycles. The molecule has 2 rings (SSSR count). The summed E-state index contributed by atoms with van der Waals surface area (Å²) in [5.41, 5.74) is 0. The second-order valence-electron chi connectivity index (χ2n) is 5.19. The van der Waals surface area contributed by atoms with Gasteiger partial charge in [0.05, 0.1) is 5.92 Å². The smallest absolute Gasteiger partial charge is 0.208 e. The third-order valence-electron chi connectivity index (χ3n) is 3.56. The molecule has 92 valence electrons. The predicted octanol–water partition coefficient (Wildman–Crippen LogP) is 1.85. The summed E-state index contributed by atoms with van der Waals surface area (Å²) in [5.74, 6) is 0.363. The molecule has 4 heteroatoms. The number of carbonyl (C=O) groups is 2. The quantitative estimate of drug-likeness (QED) is 0.579. The average molecular weight is 234 g/mol. The van der Waals surface area contributed by atoms with Crippen LogP contribution in [0.4, 0.5) is 0 Å². The van der Waals surface area contributed by atoms with Crippen molar-refractivity contribution in [1.82, 2.24) is 9.55 Å². The van der Waals surface area contributed by atoms with E-state index >= 15 is 0 Å². The highest BCUT2D eigenvalue weighted by Gasteiger charge is 2.38. The molecule has 1 aromatic heterocycles. The summed E-state index contributed by atoms with van der Waals surface area (Å²) in [6, 6.07) is 0. The SMILES string of the molecule is CC1CC(=O)C(C(=O)c2nccn2C)C(C)C1. The summed E-state index contributed by atoms with van der Waals surface area (Å²) >= 11 is 0. The number of hydrogen-bond acceptors (Lipinski definition) is 3. The number of rotatable bonds is 2. The van der Waals surface area contributed by atoms with Crippen molar-refractivity contribution < 1.29 is 9.59 Å². The largest absolute Gasteiger partial charge is 0.332 e. The topological polar surface area (TPSA) is 52.0 Å². The van der Waals surface area contributed by atoms with Crippen molar-refractivity contribution in [3.63, 3.8) is 0 Å². The monoisotopic (exact) mass is 234 g/mol. The molecule has 0 radical (unpaired) electrons. The first kappa shape index (κ1) is 12.0. The zero-order chi connectivity index (χ0) is 12.6. The third kappa shape index (κ3) is 2.16. The molecule has 3 atom stereocenters. The van der Waals surface area contributed by atoms with Gasteiger partial charge in [0.15, 0.2) is 5.82 Å². The van der Waals surface area contributed by atoms with Gasteiger partial charge in [-0.1, -0.05) is 13.8 Å². The first-order valence-electron chi connectivity index (χ1n) is 6.05. The van der Waals surface area contributed by atoms with Gasteiger partial charge in [-0.05, 0) is 18.3 Å². The van der Waals surface area contributed by atoms with Crippen LogP contribution in [-0.4, -0.2) is 21.1 Å². The van der Waals surface area contributed by atoms with E-state index in [0.717, 1.165) is 6.42 Å². The summed E-state index contributed by atoms with van der Waals surface area (Å²) in [4.78, 5) is 28.4. The van der Waals surface area contributed by atoms with Crippen molar-refractivity contribution in [3.05, 3.63) is 18.2 Å². The van der Waals surface area contributed by atoms with Gasteiger partial charge in [0.2, 0.25) is 5.78 Å². The van der Waals surface area contributed by atoms with E-state index in [4.69, 9.17) is 0 Å². The number of Topliss-reactive ketones (excluding diaryl/α,β-unsaturated/α-hetero) is 2. The maximum Gasteiger partial charge on any atom is 0.208 e. The Bertz CT molecular complexity index is 450. The van der Waals surface area contributed by atoms with Crippen LogP contribution < -0.4 is 0 Å². The van der Waals surface area contributed by atoms with Gasteiger partial charge in [0.1, 0.15) is 5.78 Å². The lowest BCUT2D eigenvalue weighted by atomic mass is 9.73. The summed E-state index contributed by atoms with van der Waals surface area (Å²) in [6.45, 7) is 4.05. The molecule has 3 unspecified atom stereocenters. The Morgan fingerprint density at radius 2 is 2.18 bits per heavy atom. The maximum absolute atomic E-state index is 12.3. The van der Waals surface area contributed by atoms with Crippen molar-refractivity contribution >= 4 is 11.6 Å². The van der Waals surface area contributed by atoms with Gasteiger partial charge >= 0.3 is 0 Å². The maximum atomic E-state index is 12.3. The molecule has 0 N–H and O–H groups in total. The van der Waals surface area contributed by atoms with Gasteiger partial charge in [0, 0.05) is 25.9 Å². The first-order valence-corrected chi connectivity index (χ1v) is 6.05. The van der Waals surface area contributed by atoms with Crippen LogP contribution in [-0.2, 0) is 11.8 Å². The Labute approximate surface area is 101 Å². The van der Waals surface area contributed by atoms with Crippen LogP contribution in [0.15, 0.2) is 12.4 Å². The number of imidazole rings is 1. The van der Waals surface area contributed by atoms with E-state index in [0.29, 0.717) is 18.2 Å². The van der Waals surface area contributed by atoms with Crippen LogP contribution in [0.5, 0.6) is 0 Å². The minimum absolute atomic E-state index is 0.0734. The highest BCUT2D eigenvalue weighted by atomic mass is 16.2. The minimum Gasteiger partial charge on any atom is -0.332 e. The first-order chi connectivity index (χ1) is 8.00. The van der Waals surface area contributed by atoms with Gasteiger partial charge in [-0.2, -0.15) is 0 Å². The number of ketones is 2. The average Bonchev–Trinajstić information content (AvgIpc) is 2.62. The molecule has 0 aliphatic heterocycles. The predicted molar refractivity (Wildman–Crippen MR) is 63.6 cm³/mol. The number of nitrogens with zero attached hydrogens (tertiary/aromatic N) is 2. The zero-order valence-electron chi connectivity index (χ0n) is 10.5. The second kappa shape index (κ2) is 4.43. The van der Waals surface area contributed by atoms with Gasteiger partial charge < -0.3 is 4.57 Å². The summed E-state index contributed by atoms with van der Waals surface area (Å²) in [6.07, 6.45) is 4.78. The van der Waals surface area contributed by atoms with Crippen LogP contribution in [0, 0.1) is 17.8 Å². The number of aryl methyl sites for hydroxylation is 1. The summed E-state index contributed by atoms with van der Waals surface area (Å²) in [5, 5.41) is 0. The highest BCUT2D eigenvalue weighted by Crippen LogP contribution is 2.32. The molecule has 1 aromatic rings. The Morgan fingerprint density at radius 1 is 1.47 bits per heavy atom. The fourth-order valence-electron chi connectivity index (χ4n) is 2.79. The molecule has 0 amide bonds. The molecule has 0 aromatic carbocycles. The Kier molecular flexibility index (Phi) is 3.13. The van der Waals surface area contributed by atoms with Crippen molar-refractivity contribution in [2.75, 3.05) is 0 Å². The molecule has 1 aliphatic carbocycles. The standard InChI is InChI=1S/C13H18N2O2/c1-8-6-9(2)11(10(16)7-8)12(17)13-14-4-5-15(13)3/h4-5,8-9,11H,6-7H2,1-3H3. The second-order valence-corrected chi connectivity index (χ2v) is 5.19. The number of carbonyl (C=O) groups excluding carboxylic acids is 2. The molecular weight excluding hydrogens is 216 g/mol. The minimum atomic E-state index is -0.493. The molecule has 1 fully saturated rings. The Balaban J connectivity index is 2.25. The number of hydrogen-bond donors (Lipinski definition) is 0. The molecule has 17 heavy (non-hydrogen) atoms. The van der Waals surface area contributed by atoms with Gasteiger partial charge in [-0.3, -0.25) is 9.59 Å². The van der Waals surface area contributed by atoms with Gasteiger partial charge in [-0.15, -0.1) is 0 Å². The van der Waals surface area contributed by atoms with Crippen LogP contribution in [0.25, 0.3) is 0 Å². The van der Waals surface area contributed by atoms with Crippen molar-refractivity contribution in [2.45, 2.75) is 26.7 Å². The Morgan fingerprint density at radius 3 is 2.71 bits per heavy atom. The lowest BCUT2D eigenvalue weighted by Crippen LogP contribution is -2.37. The zero-order valence-corrected chi connectivity index (χ0v) is 10.5. The van der Waals surface area contributed by atoms with Crippen molar-refractivity contribution in [1.29, 1.82) is 0 Å². The molecule has 0 spiro atoms. The lowest BCUT2D eigenvalue weighted by molar-refractivity contribution is -0.125. The summed E-state index contributed by atoms with van der Waals surface area (Å²) in [7, 11) is 1.78. The number of aromatic nitrogens is 2. The van der Waals surface area contributed by atoms with Gasteiger partial charge in [0.25, 0.3) is 0 Å². The molecule has 1 aliphatic rings. The van der Waals surface area contributed by atoms with E-state index in [1.54, 1.807) is 24.0 Å². The summed E-state index contributed by atoms with van der Waals surface area (Å²) < 4.78 is 1.68. The van der Waals surface area contributed by atoms with E-state index in [1.165, 1.54) is 0 Å². The molecule has 1 saturated carbocycles. The lowest BCUT2D eigenvalue weighted by Gasteiger charge is -2.29. The van der Waals surface area contributed by atoms with Crippen molar-refractivity contribution in [3.8, 4) is 0 Å². The van der Waals surface area contributed by atoms with E-state index in [9.17, 15) is 9.59 Å². The van der Waals surface area contributed by atoms with Crippen molar-refractivity contribution in [2.24, 2.45) is 24.8 Å². The van der Waals surface area contributed by atoms with Gasteiger partial charge in [-0.25, -0.2) is 4.98 Å². The Hall–Kier alpha value is -1.45. The third-order valence-corrected chi connectivity index (χ3v) is 3.56. The van der Waals surface area contributed by atoms with Crippen LogP contribution in [0.3, 0.4) is 0 Å². The fourth-order valence-corrected chi connectivity index (χ4v) is 2.79. The molecular formula is C13H18N2O2. The fraction of sp³-hybridized carbons (Fsp3) is 0.615. The van der Waals surface area contributed by atoms with E-state index < -0.39 is 5.92 Å². The van der Waals surface area contributed by atoms with Crippen LogP contribution >= 0.6 is 0 Å². The van der Waals surface area contributed by atoms with E-state index in [2.05, 4.69) is 11.9 Å². The van der Waals surface area contributed by atoms with E-state index in [-0.39, 0.29) is 17.5 Å².